The third-order valence-electron chi connectivity index (χ3n) is 4.05. The van der Waals surface area contributed by atoms with Gasteiger partial charge in [-0.15, -0.1) is 0 Å². The average molecular weight is 278 g/mol. The van der Waals surface area contributed by atoms with Crippen LogP contribution in [0.1, 0.15) is 26.7 Å². The highest BCUT2D eigenvalue weighted by atomic mass is 32.2. The van der Waals surface area contributed by atoms with Crippen LogP contribution in [0.4, 0.5) is 0 Å². The number of nitrogens with zero attached hydrogens (tertiary/aromatic N) is 1. The molecule has 1 fully saturated rings. The minimum absolute atomic E-state index is 0.129. The summed E-state index contributed by atoms with van der Waals surface area (Å²) in [6.07, 6.45) is 2.69. The maximum Gasteiger partial charge on any atom is 0.147 e. The van der Waals surface area contributed by atoms with Crippen LogP contribution in [0.25, 0.3) is 0 Å². The highest BCUT2D eigenvalue weighted by Crippen LogP contribution is 2.25. The number of hydrogen-bond donors (Lipinski definition) is 1. The minimum Gasteiger partial charge on any atom is -0.379 e. The molecule has 5 nitrogen and oxygen atoms in total. The molecule has 0 aromatic heterocycles. The van der Waals surface area contributed by atoms with Gasteiger partial charge in [-0.3, -0.25) is 4.90 Å². The van der Waals surface area contributed by atoms with Gasteiger partial charge in [0, 0.05) is 30.9 Å². The van der Waals surface area contributed by atoms with E-state index in [2.05, 4.69) is 18.7 Å². The van der Waals surface area contributed by atoms with Gasteiger partial charge in [0.1, 0.15) is 9.84 Å². The molecule has 108 valence electrons. The quantitative estimate of drug-likeness (QED) is 0.754. The van der Waals surface area contributed by atoms with Crippen molar-refractivity contribution in [3.63, 3.8) is 0 Å². The second-order valence-electron chi connectivity index (χ2n) is 5.34. The Morgan fingerprint density at radius 2 is 1.94 bits per heavy atom. The van der Waals surface area contributed by atoms with Crippen LogP contribution >= 0.6 is 0 Å². The number of hydrogen-bond acceptors (Lipinski definition) is 5. The van der Waals surface area contributed by atoms with Gasteiger partial charge in [-0.1, -0.05) is 6.92 Å². The highest BCUT2D eigenvalue weighted by molar-refractivity contribution is 7.90. The Morgan fingerprint density at radius 3 is 2.39 bits per heavy atom. The minimum atomic E-state index is -2.94. The van der Waals surface area contributed by atoms with Crippen molar-refractivity contribution < 1.29 is 13.2 Å². The summed E-state index contributed by atoms with van der Waals surface area (Å²) >= 11 is 0. The number of sulfone groups is 1. The lowest BCUT2D eigenvalue weighted by atomic mass is 9.86. The van der Waals surface area contributed by atoms with E-state index in [1.54, 1.807) is 0 Å². The molecule has 0 saturated carbocycles. The van der Waals surface area contributed by atoms with Crippen LogP contribution in [-0.4, -0.2) is 63.2 Å². The summed E-state index contributed by atoms with van der Waals surface area (Å²) in [6.45, 7) is 7.44. The van der Waals surface area contributed by atoms with Gasteiger partial charge in [0.15, 0.2) is 0 Å². The molecule has 0 spiro atoms. The van der Waals surface area contributed by atoms with Crippen LogP contribution in [0.3, 0.4) is 0 Å². The summed E-state index contributed by atoms with van der Waals surface area (Å²) in [6, 6.07) is -0.129. The summed E-state index contributed by atoms with van der Waals surface area (Å²) < 4.78 is 27.8. The smallest absolute Gasteiger partial charge is 0.147 e. The van der Waals surface area contributed by atoms with E-state index in [1.165, 1.54) is 6.26 Å². The van der Waals surface area contributed by atoms with Crippen LogP contribution in [0.5, 0.6) is 0 Å². The van der Waals surface area contributed by atoms with Gasteiger partial charge < -0.3 is 10.5 Å². The molecule has 1 heterocycles. The first-order chi connectivity index (χ1) is 8.29. The maximum atomic E-state index is 11.2. The first kappa shape index (κ1) is 15.9. The van der Waals surface area contributed by atoms with Crippen molar-refractivity contribution in [3.8, 4) is 0 Å². The number of morpholine rings is 1. The van der Waals surface area contributed by atoms with E-state index in [0.29, 0.717) is 6.42 Å². The van der Waals surface area contributed by atoms with Gasteiger partial charge in [0.25, 0.3) is 0 Å². The van der Waals surface area contributed by atoms with E-state index in [0.717, 1.165) is 32.7 Å². The third kappa shape index (κ3) is 4.19. The highest BCUT2D eigenvalue weighted by Gasteiger charge is 2.37. The Balaban J connectivity index is 2.66. The molecule has 1 rings (SSSR count). The molecule has 0 bridgehead atoms. The Hall–Kier alpha value is -0.170. The molecule has 2 atom stereocenters. The molecular formula is C12H26N2O3S. The average Bonchev–Trinajstić information content (AvgIpc) is 2.35. The van der Waals surface area contributed by atoms with Gasteiger partial charge in [-0.05, 0) is 19.8 Å². The zero-order valence-corrected chi connectivity index (χ0v) is 12.5. The van der Waals surface area contributed by atoms with Crippen LogP contribution in [-0.2, 0) is 14.6 Å². The second-order valence-corrected chi connectivity index (χ2v) is 7.59. The molecule has 0 aromatic carbocycles. The molecular weight excluding hydrogens is 252 g/mol. The van der Waals surface area contributed by atoms with Crippen molar-refractivity contribution in [2.24, 2.45) is 5.73 Å². The van der Waals surface area contributed by atoms with Crippen molar-refractivity contribution in [1.82, 2.24) is 4.90 Å². The SMILES string of the molecule is CCC(C)(C(N)CCS(C)(=O)=O)N1CCOCC1. The monoisotopic (exact) mass is 278 g/mol. The summed E-state index contributed by atoms with van der Waals surface area (Å²) in [5.41, 5.74) is 6.11. The standard InChI is InChI=1S/C12H26N2O3S/c1-4-12(2,14-6-8-17-9-7-14)11(13)5-10-18(3,15)16/h11H,4-10,13H2,1-3H3. The normalized spacial score (nSPS) is 23.6. The zero-order valence-electron chi connectivity index (χ0n) is 11.7. The van der Waals surface area contributed by atoms with Gasteiger partial charge in [-0.25, -0.2) is 8.42 Å². The van der Waals surface area contributed by atoms with Crippen molar-refractivity contribution in [1.29, 1.82) is 0 Å². The molecule has 6 heteroatoms. The molecule has 18 heavy (non-hydrogen) atoms. The van der Waals surface area contributed by atoms with E-state index >= 15 is 0 Å². The van der Waals surface area contributed by atoms with Gasteiger partial charge in [-0.2, -0.15) is 0 Å². The number of ether oxygens (including phenoxy) is 1. The van der Waals surface area contributed by atoms with E-state index in [1.807, 2.05) is 0 Å². The first-order valence-electron chi connectivity index (χ1n) is 6.55. The summed E-state index contributed by atoms with van der Waals surface area (Å²) in [5, 5.41) is 0. The van der Waals surface area contributed by atoms with E-state index < -0.39 is 9.84 Å². The van der Waals surface area contributed by atoms with Crippen LogP contribution < -0.4 is 5.73 Å². The van der Waals surface area contributed by atoms with Gasteiger partial charge in [0.05, 0.1) is 19.0 Å². The fourth-order valence-electron chi connectivity index (χ4n) is 2.45. The van der Waals surface area contributed by atoms with Crippen molar-refractivity contribution in [3.05, 3.63) is 0 Å². The lowest BCUT2D eigenvalue weighted by Crippen LogP contribution is -2.60. The van der Waals surface area contributed by atoms with Gasteiger partial charge in [0.2, 0.25) is 0 Å². The third-order valence-corrected chi connectivity index (χ3v) is 5.03. The predicted octanol–water partition coefficient (Wildman–Crippen LogP) is 0.249. The topological polar surface area (TPSA) is 72.6 Å². The fourth-order valence-corrected chi connectivity index (χ4v) is 3.13. The van der Waals surface area contributed by atoms with Gasteiger partial charge >= 0.3 is 0 Å². The van der Waals surface area contributed by atoms with Crippen molar-refractivity contribution in [2.45, 2.75) is 38.3 Å². The molecule has 0 aliphatic carbocycles. The molecule has 0 amide bonds. The zero-order chi connectivity index (χ0) is 13.8. The molecule has 2 N–H and O–H groups in total. The Labute approximate surface area is 111 Å². The molecule has 1 aliphatic rings. The van der Waals surface area contributed by atoms with Crippen molar-refractivity contribution in [2.75, 3.05) is 38.3 Å². The van der Waals surface area contributed by atoms with E-state index in [-0.39, 0.29) is 17.3 Å². The molecule has 0 aromatic rings. The predicted molar refractivity (Wildman–Crippen MR) is 73.4 cm³/mol. The lowest BCUT2D eigenvalue weighted by molar-refractivity contribution is -0.0276. The second kappa shape index (κ2) is 6.32. The molecule has 1 aliphatic heterocycles. The number of rotatable bonds is 6. The Kier molecular flexibility index (Phi) is 5.58. The van der Waals surface area contributed by atoms with E-state index in [9.17, 15) is 8.42 Å². The largest absolute Gasteiger partial charge is 0.379 e. The fraction of sp³-hybridized carbons (Fsp3) is 1.00. The Bertz CT molecular complexity index is 352. The van der Waals surface area contributed by atoms with Crippen LogP contribution in [0.2, 0.25) is 0 Å². The van der Waals surface area contributed by atoms with Crippen LogP contribution in [0.15, 0.2) is 0 Å². The molecule has 1 saturated heterocycles. The first-order valence-corrected chi connectivity index (χ1v) is 8.62. The summed E-state index contributed by atoms with van der Waals surface area (Å²) in [5.74, 6) is 0.161. The Morgan fingerprint density at radius 1 is 1.39 bits per heavy atom. The number of nitrogens with two attached hydrogens (primary N) is 1. The van der Waals surface area contributed by atoms with E-state index in [4.69, 9.17) is 10.5 Å². The summed E-state index contributed by atoms with van der Waals surface area (Å²) in [7, 11) is -2.94. The van der Waals surface area contributed by atoms with Crippen molar-refractivity contribution >= 4 is 9.84 Å². The van der Waals surface area contributed by atoms with Crippen LogP contribution in [0, 0.1) is 0 Å². The lowest BCUT2D eigenvalue weighted by Gasteiger charge is -2.46. The molecule has 0 radical (unpaired) electrons. The summed E-state index contributed by atoms with van der Waals surface area (Å²) in [4.78, 5) is 2.34. The molecule has 2 unspecified atom stereocenters. The maximum absolute atomic E-state index is 11.2.